The summed E-state index contributed by atoms with van der Waals surface area (Å²) in [5, 5.41) is 0. The van der Waals surface area contributed by atoms with Gasteiger partial charge in [0.15, 0.2) is 0 Å². The van der Waals surface area contributed by atoms with Crippen LogP contribution in [0.1, 0.15) is 42.1 Å². The molecule has 0 N–H and O–H groups in total. The van der Waals surface area contributed by atoms with E-state index < -0.39 is 0 Å². The molecule has 1 radical (unpaired) electrons. The molecule has 2 aromatic carbocycles. The Morgan fingerprint density at radius 3 is 2.28 bits per heavy atom. The van der Waals surface area contributed by atoms with Gasteiger partial charge in [0, 0.05) is 37.4 Å². The second-order valence-electron chi connectivity index (χ2n) is 6.69. The highest BCUT2D eigenvalue weighted by atomic mass is 16.2. The Morgan fingerprint density at radius 1 is 0.960 bits per heavy atom. The minimum Gasteiger partial charge on any atom is -0.368 e. The lowest BCUT2D eigenvalue weighted by Crippen LogP contribution is -2.48. The predicted molar refractivity (Wildman–Crippen MR) is 103 cm³/mol. The summed E-state index contributed by atoms with van der Waals surface area (Å²) in [6.07, 6.45) is 4.84. The van der Waals surface area contributed by atoms with Crippen molar-refractivity contribution in [2.75, 3.05) is 31.1 Å². The number of anilines is 1. The topological polar surface area (TPSA) is 23.6 Å². The third-order valence-electron chi connectivity index (χ3n) is 4.90. The maximum absolute atomic E-state index is 12.7. The van der Waals surface area contributed by atoms with E-state index in [1.807, 2.05) is 29.2 Å². The zero-order chi connectivity index (χ0) is 17.5. The number of nitrogens with zero attached hydrogens (tertiary/aromatic N) is 2. The van der Waals surface area contributed by atoms with Crippen LogP contribution in [0.3, 0.4) is 0 Å². The molecule has 1 fully saturated rings. The Balaban J connectivity index is 1.53. The van der Waals surface area contributed by atoms with Crippen LogP contribution in [0.5, 0.6) is 0 Å². The molecule has 0 aromatic heterocycles. The molecule has 1 saturated heterocycles. The van der Waals surface area contributed by atoms with Gasteiger partial charge in [-0.3, -0.25) is 4.79 Å². The van der Waals surface area contributed by atoms with Gasteiger partial charge in [-0.05, 0) is 48.7 Å². The summed E-state index contributed by atoms with van der Waals surface area (Å²) < 4.78 is 0. The summed E-state index contributed by atoms with van der Waals surface area (Å²) in [6, 6.07) is 19.3. The molecule has 3 heteroatoms. The Labute approximate surface area is 151 Å². The number of unbranched alkanes of at least 4 members (excludes halogenated alkanes) is 2. The van der Waals surface area contributed by atoms with Crippen molar-refractivity contribution in [3.63, 3.8) is 0 Å². The third-order valence-corrected chi connectivity index (χ3v) is 4.90. The smallest absolute Gasteiger partial charge is 0.253 e. The molecule has 3 nitrogen and oxygen atoms in total. The standard InChI is InChI=1S/C22H27N2O/c1-2-3-5-8-19-11-13-20(14-12-19)22(25)24-17-15-23(16-18-24)21-9-6-4-7-10-21/h6-7,9-14H,2-3,5,8,15-18H2,1H3. The molecule has 1 amide bonds. The number of benzene rings is 2. The van der Waals surface area contributed by atoms with Gasteiger partial charge in [-0.15, -0.1) is 0 Å². The van der Waals surface area contributed by atoms with Crippen molar-refractivity contribution >= 4 is 11.6 Å². The minimum atomic E-state index is 0.154. The van der Waals surface area contributed by atoms with Crippen molar-refractivity contribution in [1.82, 2.24) is 4.90 Å². The third kappa shape index (κ3) is 4.62. The lowest BCUT2D eigenvalue weighted by atomic mass is 10.0. The van der Waals surface area contributed by atoms with Gasteiger partial charge in [0.05, 0.1) is 0 Å². The van der Waals surface area contributed by atoms with Crippen LogP contribution >= 0.6 is 0 Å². The largest absolute Gasteiger partial charge is 0.368 e. The fraction of sp³-hybridized carbons (Fsp3) is 0.409. The van der Waals surface area contributed by atoms with E-state index in [9.17, 15) is 4.79 Å². The number of rotatable bonds is 6. The summed E-state index contributed by atoms with van der Waals surface area (Å²) in [7, 11) is 0. The molecule has 0 saturated carbocycles. The van der Waals surface area contributed by atoms with Gasteiger partial charge in [0.1, 0.15) is 0 Å². The first kappa shape index (κ1) is 17.5. The second-order valence-corrected chi connectivity index (χ2v) is 6.69. The van der Waals surface area contributed by atoms with E-state index in [1.54, 1.807) is 0 Å². The monoisotopic (exact) mass is 335 g/mol. The van der Waals surface area contributed by atoms with E-state index in [2.05, 4.69) is 42.2 Å². The van der Waals surface area contributed by atoms with Crippen molar-refractivity contribution in [1.29, 1.82) is 0 Å². The molecule has 2 aromatic rings. The van der Waals surface area contributed by atoms with Crippen LogP contribution in [0.15, 0.2) is 48.5 Å². The van der Waals surface area contributed by atoms with Crippen molar-refractivity contribution in [3.05, 3.63) is 65.7 Å². The van der Waals surface area contributed by atoms with Gasteiger partial charge in [-0.25, -0.2) is 0 Å². The number of hydrogen-bond donors (Lipinski definition) is 0. The van der Waals surface area contributed by atoms with Crippen LogP contribution in [-0.4, -0.2) is 37.0 Å². The maximum atomic E-state index is 12.7. The van der Waals surface area contributed by atoms with Crippen molar-refractivity contribution in [2.24, 2.45) is 0 Å². The van der Waals surface area contributed by atoms with Crippen molar-refractivity contribution in [3.8, 4) is 0 Å². The summed E-state index contributed by atoms with van der Waals surface area (Å²) in [6.45, 7) is 5.53. The fourth-order valence-electron chi connectivity index (χ4n) is 3.33. The van der Waals surface area contributed by atoms with Gasteiger partial charge in [0.2, 0.25) is 0 Å². The van der Waals surface area contributed by atoms with Crippen molar-refractivity contribution < 1.29 is 4.79 Å². The summed E-state index contributed by atoms with van der Waals surface area (Å²) in [5.74, 6) is 0.154. The van der Waals surface area contributed by atoms with Crippen LogP contribution in [0.4, 0.5) is 5.69 Å². The molecule has 0 unspecified atom stereocenters. The molecule has 25 heavy (non-hydrogen) atoms. The molecule has 1 aliphatic heterocycles. The van der Waals surface area contributed by atoms with E-state index in [1.165, 1.54) is 30.5 Å². The van der Waals surface area contributed by atoms with Gasteiger partial charge in [-0.2, -0.15) is 0 Å². The highest BCUT2D eigenvalue weighted by Crippen LogP contribution is 2.17. The molecule has 0 bridgehead atoms. The van der Waals surface area contributed by atoms with E-state index >= 15 is 0 Å². The van der Waals surface area contributed by atoms with Crippen LogP contribution in [-0.2, 0) is 6.42 Å². The normalized spacial score (nSPS) is 14.6. The Morgan fingerprint density at radius 2 is 1.64 bits per heavy atom. The average molecular weight is 335 g/mol. The second kappa shape index (κ2) is 8.70. The quantitative estimate of drug-likeness (QED) is 0.739. The highest BCUT2D eigenvalue weighted by molar-refractivity contribution is 5.94. The zero-order valence-corrected chi connectivity index (χ0v) is 15.1. The van der Waals surface area contributed by atoms with Gasteiger partial charge >= 0.3 is 0 Å². The molecule has 0 atom stereocenters. The highest BCUT2D eigenvalue weighted by Gasteiger charge is 2.22. The van der Waals surface area contributed by atoms with Crippen LogP contribution < -0.4 is 4.90 Å². The fourth-order valence-corrected chi connectivity index (χ4v) is 3.33. The van der Waals surface area contributed by atoms with Gasteiger partial charge in [-0.1, -0.05) is 44.0 Å². The lowest BCUT2D eigenvalue weighted by Gasteiger charge is -2.36. The van der Waals surface area contributed by atoms with Crippen LogP contribution in [0, 0.1) is 6.07 Å². The van der Waals surface area contributed by atoms with Gasteiger partial charge in [0.25, 0.3) is 5.91 Å². The summed E-state index contributed by atoms with van der Waals surface area (Å²) in [4.78, 5) is 17.0. The average Bonchev–Trinajstić information content (AvgIpc) is 2.69. The summed E-state index contributed by atoms with van der Waals surface area (Å²) in [5.41, 5.74) is 3.35. The molecule has 131 valence electrons. The first-order valence-electron chi connectivity index (χ1n) is 9.37. The Bertz CT molecular complexity index is 658. The minimum absolute atomic E-state index is 0.154. The van der Waals surface area contributed by atoms with E-state index in [4.69, 9.17) is 0 Å². The molecule has 1 heterocycles. The maximum Gasteiger partial charge on any atom is 0.253 e. The Kier molecular flexibility index (Phi) is 6.10. The molecular formula is C22H27N2O. The van der Waals surface area contributed by atoms with Crippen LogP contribution in [0.2, 0.25) is 0 Å². The molecule has 1 aliphatic rings. The SMILES string of the molecule is CCCCCc1ccc(C(=O)N2CCN(c3cc[c]cc3)CC2)cc1. The number of hydrogen-bond acceptors (Lipinski definition) is 2. The number of aryl methyl sites for hydroxylation is 1. The molecular weight excluding hydrogens is 308 g/mol. The van der Waals surface area contributed by atoms with Gasteiger partial charge < -0.3 is 9.80 Å². The number of carbonyl (C=O) groups excluding carboxylic acids is 1. The first-order chi connectivity index (χ1) is 12.3. The number of carbonyl (C=O) groups is 1. The first-order valence-corrected chi connectivity index (χ1v) is 9.37. The molecule has 0 spiro atoms. The zero-order valence-electron chi connectivity index (χ0n) is 15.1. The Hall–Kier alpha value is -2.29. The van der Waals surface area contributed by atoms with E-state index in [0.717, 1.165) is 38.2 Å². The van der Waals surface area contributed by atoms with Crippen molar-refractivity contribution in [2.45, 2.75) is 32.6 Å². The number of piperazine rings is 1. The number of amides is 1. The van der Waals surface area contributed by atoms with E-state index in [-0.39, 0.29) is 5.91 Å². The molecule has 3 rings (SSSR count). The van der Waals surface area contributed by atoms with Crippen LogP contribution in [0.25, 0.3) is 0 Å². The predicted octanol–water partition coefficient (Wildman–Crippen LogP) is 4.18. The molecule has 0 aliphatic carbocycles. The summed E-state index contributed by atoms with van der Waals surface area (Å²) >= 11 is 0. The van der Waals surface area contributed by atoms with E-state index in [0.29, 0.717) is 0 Å². The lowest BCUT2D eigenvalue weighted by molar-refractivity contribution is 0.0747.